The maximum atomic E-state index is 5.80. The summed E-state index contributed by atoms with van der Waals surface area (Å²) >= 11 is 0. The summed E-state index contributed by atoms with van der Waals surface area (Å²) in [6.45, 7) is 6.26. The van der Waals surface area contributed by atoms with Crippen molar-refractivity contribution in [3.05, 3.63) is 46.9 Å². The zero-order valence-electron chi connectivity index (χ0n) is 21.3. The van der Waals surface area contributed by atoms with Gasteiger partial charge in [0, 0.05) is 36.7 Å². The number of fused-ring (bicyclic) bond motifs is 3. The third-order valence-electron chi connectivity index (χ3n) is 7.14. The molecule has 2 N–H and O–H groups in total. The molecule has 0 saturated heterocycles. The number of aromatic nitrogens is 6. The average Bonchev–Trinajstić information content (AvgIpc) is 3.30. The molecule has 1 aliphatic rings. The van der Waals surface area contributed by atoms with Crippen LogP contribution in [-0.2, 0) is 23.9 Å². The number of hydrogen-bond acceptors (Lipinski definition) is 8. The number of H-pyrrole nitrogens is 1. The van der Waals surface area contributed by atoms with Crippen LogP contribution in [0.5, 0.6) is 5.75 Å². The molecule has 10 nitrogen and oxygen atoms in total. The molecule has 1 fully saturated rings. The first kappa shape index (κ1) is 22.5. The maximum absolute atomic E-state index is 5.80. The Bertz CT molecular complexity index is 1600. The fourth-order valence-corrected chi connectivity index (χ4v) is 5.09. The van der Waals surface area contributed by atoms with Gasteiger partial charge in [-0.2, -0.15) is 5.10 Å². The Kier molecular flexibility index (Phi) is 5.04. The molecule has 1 aliphatic carbocycles. The van der Waals surface area contributed by atoms with Gasteiger partial charge in [-0.1, -0.05) is 5.16 Å². The minimum atomic E-state index is -0.233. The van der Waals surface area contributed by atoms with Crippen molar-refractivity contribution in [2.75, 3.05) is 19.5 Å². The summed E-state index contributed by atoms with van der Waals surface area (Å²) in [5.74, 6) is 3.10. The molecule has 0 amide bonds. The lowest BCUT2D eigenvalue weighted by atomic mass is 10.0. The van der Waals surface area contributed by atoms with Gasteiger partial charge in [0.15, 0.2) is 0 Å². The van der Waals surface area contributed by atoms with E-state index >= 15 is 0 Å². The highest BCUT2D eigenvalue weighted by molar-refractivity contribution is 6.09. The first-order valence-corrected chi connectivity index (χ1v) is 12.0. The Morgan fingerprint density at radius 1 is 1.14 bits per heavy atom. The molecule has 0 aliphatic heterocycles. The predicted octanol–water partition coefficient (Wildman–Crippen LogP) is 4.68. The van der Waals surface area contributed by atoms with Crippen molar-refractivity contribution in [3.63, 3.8) is 0 Å². The summed E-state index contributed by atoms with van der Waals surface area (Å²) < 4.78 is 18.8. The van der Waals surface area contributed by atoms with Crippen LogP contribution in [0.4, 0.5) is 5.82 Å². The van der Waals surface area contributed by atoms with Gasteiger partial charge in [-0.25, -0.2) is 9.97 Å². The number of benzene rings is 1. The van der Waals surface area contributed by atoms with E-state index in [0.29, 0.717) is 12.4 Å². The molecule has 4 aromatic heterocycles. The summed E-state index contributed by atoms with van der Waals surface area (Å²) in [6.07, 6.45) is 2.00. The standard InChI is InChI=1S/C26H29N7O3/c1-13-23(14(2)36-32-13)17-9-18-16(10-20(17)34-5)24-19(28-15(3)29-25(24)30-18)12-27-22-11-21(31-33(22)4)26(35-6)7-8-26/h9-11,27H,7-8,12H2,1-6H3,(H,28,29,30). The van der Waals surface area contributed by atoms with E-state index in [-0.39, 0.29) is 5.60 Å². The molecule has 6 rings (SSSR count). The average molecular weight is 488 g/mol. The molecule has 0 atom stereocenters. The number of nitrogens with one attached hydrogen (secondary N) is 2. The van der Waals surface area contributed by atoms with Gasteiger partial charge in [0.2, 0.25) is 0 Å². The van der Waals surface area contributed by atoms with Crippen LogP contribution in [0.3, 0.4) is 0 Å². The Hall–Kier alpha value is -3.92. The van der Waals surface area contributed by atoms with Crippen LogP contribution in [0.2, 0.25) is 0 Å². The second-order valence-corrected chi connectivity index (χ2v) is 9.45. The number of hydrogen-bond donors (Lipinski definition) is 2. The van der Waals surface area contributed by atoms with E-state index < -0.39 is 0 Å². The molecule has 1 aromatic carbocycles. The highest BCUT2D eigenvalue weighted by Gasteiger charge is 2.47. The normalized spacial score (nSPS) is 14.6. The van der Waals surface area contributed by atoms with Crippen LogP contribution < -0.4 is 10.1 Å². The molecule has 4 heterocycles. The fourth-order valence-electron chi connectivity index (χ4n) is 5.09. The zero-order valence-corrected chi connectivity index (χ0v) is 21.3. The lowest BCUT2D eigenvalue weighted by Crippen LogP contribution is -2.10. The minimum absolute atomic E-state index is 0.233. The van der Waals surface area contributed by atoms with Crippen molar-refractivity contribution in [2.45, 2.75) is 45.8 Å². The van der Waals surface area contributed by atoms with E-state index in [9.17, 15) is 0 Å². The van der Waals surface area contributed by atoms with Gasteiger partial charge in [-0.05, 0) is 45.7 Å². The summed E-state index contributed by atoms with van der Waals surface area (Å²) in [6, 6.07) is 6.17. The number of methoxy groups -OCH3 is 2. The van der Waals surface area contributed by atoms with Gasteiger partial charge in [-0.3, -0.25) is 4.68 Å². The van der Waals surface area contributed by atoms with Crippen LogP contribution in [-0.4, -0.2) is 44.1 Å². The van der Waals surface area contributed by atoms with E-state index in [1.54, 1.807) is 14.2 Å². The van der Waals surface area contributed by atoms with E-state index in [1.807, 2.05) is 38.6 Å². The van der Waals surface area contributed by atoms with Gasteiger partial charge < -0.3 is 24.3 Å². The van der Waals surface area contributed by atoms with Gasteiger partial charge in [-0.15, -0.1) is 0 Å². The zero-order chi connectivity index (χ0) is 25.2. The summed E-state index contributed by atoms with van der Waals surface area (Å²) in [7, 11) is 5.36. The maximum Gasteiger partial charge on any atom is 0.142 e. The Labute approximate surface area is 208 Å². The molecular weight excluding hydrogens is 458 g/mol. The number of aryl methyl sites for hydroxylation is 4. The van der Waals surface area contributed by atoms with Crippen molar-refractivity contribution >= 4 is 27.8 Å². The van der Waals surface area contributed by atoms with Crippen molar-refractivity contribution < 1.29 is 14.0 Å². The van der Waals surface area contributed by atoms with Crippen molar-refractivity contribution in [2.24, 2.45) is 7.05 Å². The van der Waals surface area contributed by atoms with Gasteiger partial charge in [0.1, 0.15) is 34.4 Å². The van der Waals surface area contributed by atoms with Crippen LogP contribution in [0.25, 0.3) is 33.1 Å². The molecule has 0 unspecified atom stereocenters. The third-order valence-corrected chi connectivity index (χ3v) is 7.14. The minimum Gasteiger partial charge on any atom is -0.496 e. The molecule has 0 spiro atoms. The molecule has 0 bridgehead atoms. The molecule has 1 saturated carbocycles. The summed E-state index contributed by atoms with van der Waals surface area (Å²) in [5.41, 5.74) is 6.03. The van der Waals surface area contributed by atoms with Gasteiger partial charge >= 0.3 is 0 Å². The summed E-state index contributed by atoms with van der Waals surface area (Å²) in [4.78, 5) is 13.0. The Morgan fingerprint density at radius 2 is 1.94 bits per heavy atom. The van der Waals surface area contributed by atoms with E-state index in [0.717, 1.165) is 80.3 Å². The number of nitrogens with zero attached hydrogens (tertiary/aromatic N) is 5. The summed E-state index contributed by atoms with van der Waals surface area (Å²) in [5, 5.41) is 14.3. The number of aromatic amines is 1. The third kappa shape index (κ3) is 3.43. The molecule has 10 heteroatoms. The number of rotatable bonds is 7. The lowest BCUT2D eigenvalue weighted by molar-refractivity contribution is 0.0747. The van der Waals surface area contributed by atoms with E-state index in [1.165, 1.54) is 0 Å². The van der Waals surface area contributed by atoms with Crippen molar-refractivity contribution in [1.82, 2.24) is 29.9 Å². The molecule has 186 valence electrons. The quantitative estimate of drug-likeness (QED) is 0.340. The van der Waals surface area contributed by atoms with Crippen LogP contribution in [0.15, 0.2) is 22.7 Å². The van der Waals surface area contributed by atoms with E-state index in [4.69, 9.17) is 19.0 Å². The number of anilines is 1. The van der Waals surface area contributed by atoms with Crippen LogP contribution in [0, 0.1) is 20.8 Å². The molecular formula is C26H29N7O3. The Balaban J connectivity index is 1.43. The SMILES string of the molecule is COc1cc2c(cc1-c1c(C)noc1C)[nH]c1nc(C)nc(CNc3cc(C4(OC)CC4)nn3C)c12. The van der Waals surface area contributed by atoms with Crippen LogP contribution in [0.1, 0.15) is 41.5 Å². The topological polar surface area (TPSA) is 116 Å². The molecule has 0 radical (unpaired) electrons. The number of ether oxygens (including phenoxy) is 2. The first-order valence-electron chi connectivity index (χ1n) is 12.0. The smallest absolute Gasteiger partial charge is 0.142 e. The predicted molar refractivity (Wildman–Crippen MR) is 136 cm³/mol. The van der Waals surface area contributed by atoms with Crippen LogP contribution >= 0.6 is 0 Å². The van der Waals surface area contributed by atoms with Gasteiger partial charge in [0.05, 0.1) is 41.7 Å². The van der Waals surface area contributed by atoms with Gasteiger partial charge in [0.25, 0.3) is 0 Å². The fraction of sp³-hybridized carbons (Fsp3) is 0.385. The van der Waals surface area contributed by atoms with E-state index in [2.05, 4.69) is 37.7 Å². The highest BCUT2D eigenvalue weighted by atomic mass is 16.5. The van der Waals surface area contributed by atoms with Crippen molar-refractivity contribution in [1.29, 1.82) is 0 Å². The Morgan fingerprint density at radius 3 is 2.61 bits per heavy atom. The molecule has 36 heavy (non-hydrogen) atoms. The second-order valence-electron chi connectivity index (χ2n) is 9.45. The second kappa shape index (κ2) is 8.06. The van der Waals surface area contributed by atoms with Crippen molar-refractivity contribution in [3.8, 4) is 16.9 Å². The lowest BCUT2D eigenvalue weighted by Gasteiger charge is -2.10. The largest absolute Gasteiger partial charge is 0.496 e. The first-order chi connectivity index (χ1) is 17.3. The molecule has 5 aromatic rings. The monoisotopic (exact) mass is 487 g/mol. The highest BCUT2D eigenvalue weighted by Crippen LogP contribution is 2.48.